The molecule has 1 heterocycles. The number of halogens is 2. The summed E-state index contributed by atoms with van der Waals surface area (Å²) in [5, 5.41) is 9.89. The number of hydrogen-bond acceptors (Lipinski definition) is 4. The van der Waals surface area contributed by atoms with E-state index in [0.29, 0.717) is 22.4 Å². The SMILES string of the molecule is COc1cc2nc(Cl)c(C#N)c(Cl)c2cc1OC. The topological polar surface area (TPSA) is 55.1 Å². The summed E-state index contributed by atoms with van der Waals surface area (Å²) in [7, 11) is 3.04. The molecule has 0 N–H and O–H groups in total. The van der Waals surface area contributed by atoms with Crippen molar-refractivity contribution in [3.63, 3.8) is 0 Å². The zero-order chi connectivity index (χ0) is 13.3. The van der Waals surface area contributed by atoms with Crippen molar-refractivity contribution >= 4 is 34.1 Å². The number of nitrogens with zero attached hydrogens (tertiary/aromatic N) is 2. The molecule has 18 heavy (non-hydrogen) atoms. The molecule has 1 aromatic heterocycles. The molecule has 6 heteroatoms. The van der Waals surface area contributed by atoms with Crippen LogP contribution in [-0.4, -0.2) is 19.2 Å². The summed E-state index contributed by atoms with van der Waals surface area (Å²) < 4.78 is 10.3. The van der Waals surface area contributed by atoms with Crippen molar-refractivity contribution in [1.82, 2.24) is 4.98 Å². The fourth-order valence-corrected chi connectivity index (χ4v) is 2.18. The van der Waals surface area contributed by atoms with E-state index in [-0.39, 0.29) is 15.7 Å². The molecule has 2 aromatic rings. The van der Waals surface area contributed by atoms with Crippen LogP contribution in [0, 0.1) is 11.3 Å². The van der Waals surface area contributed by atoms with Gasteiger partial charge in [0.1, 0.15) is 16.8 Å². The first-order chi connectivity index (χ1) is 8.62. The van der Waals surface area contributed by atoms with Gasteiger partial charge in [0.2, 0.25) is 0 Å². The normalized spacial score (nSPS) is 10.2. The first kappa shape index (κ1) is 12.7. The van der Waals surface area contributed by atoms with Gasteiger partial charge in [0.25, 0.3) is 0 Å². The van der Waals surface area contributed by atoms with Crippen molar-refractivity contribution in [3.05, 3.63) is 27.9 Å². The van der Waals surface area contributed by atoms with Gasteiger partial charge in [0.15, 0.2) is 11.5 Å². The van der Waals surface area contributed by atoms with Crippen LogP contribution in [0.2, 0.25) is 10.2 Å². The molecule has 0 atom stereocenters. The molecule has 0 aliphatic heterocycles. The van der Waals surface area contributed by atoms with Crippen LogP contribution in [-0.2, 0) is 0 Å². The summed E-state index contributed by atoms with van der Waals surface area (Å²) in [5.74, 6) is 1.04. The number of pyridine rings is 1. The van der Waals surface area contributed by atoms with Crippen molar-refractivity contribution in [1.29, 1.82) is 5.26 Å². The molecule has 0 spiro atoms. The third-order valence-corrected chi connectivity index (χ3v) is 3.16. The smallest absolute Gasteiger partial charge is 0.162 e. The Bertz CT molecular complexity index is 665. The van der Waals surface area contributed by atoms with E-state index in [1.165, 1.54) is 14.2 Å². The molecule has 2 rings (SSSR count). The third-order valence-electron chi connectivity index (χ3n) is 2.49. The van der Waals surface area contributed by atoms with E-state index in [1.54, 1.807) is 12.1 Å². The molecule has 0 unspecified atom stereocenters. The Labute approximate surface area is 114 Å². The third kappa shape index (κ3) is 1.92. The van der Waals surface area contributed by atoms with Crippen LogP contribution < -0.4 is 9.47 Å². The van der Waals surface area contributed by atoms with E-state index in [1.807, 2.05) is 6.07 Å². The number of ether oxygens (including phenoxy) is 2. The van der Waals surface area contributed by atoms with Gasteiger partial charge in [-0.3, -0.25) is 0 Å². The monoisotopic (exact) mass is 282 g/mol. The molecule has 0 radical (unpaired) electrons. The standard InChI is InChI=1S/C12H8Cl2N2O2/c1-17-9-3-6-8(4-10(9)18-2)16-12(14)7(5-15)11(6)13/h3-4H,1-2H3. The number of fused-ring (bicyclic) bond motifs is 1. The molecular weight excluding hydrogens is 275 g/mol. The van der Waals surface area contributed by atoms with Crippen LogP contribution in [0.15, 0.2) is 12.1 Å². The number of rotatable bonds is 2. The first-order valence-electron chi connectivity index (χ1n) is 4.93. The summed E-state index contributed by atoms with van der Waals surface area (Å²) in [6, 6.07) is 5.25. The van der Waals surface area contributed by atoms with E-state index < -0.39 is 0 Å². The van der Waals surface area contributed by atoms with Crippen LogP contribution in [0.3, 0.4) is 0 Å². The van der Waals surface area contributed by atoms with E-state index in [2.05, 4.69) is 4.98 Å². The summed E-state index contributed by atoms with van der Waals surface area (Å²) in [6.45, 7) is 0. The van der Waals surface area contributed by atoms with E-state index >= 15 is 0 Å². The zero-order valence-electron chi connectivity index (χ0n) is 9.62. The Morgan fingerprint density at radius 1 is 1.17 bits per heavy atom. The molecule has 1 aromatic carbocycles. The van der Waals surface area contributed by atoms with Crippen molar-refractivity contribution in [3.8, 4) is 17.6 Å². The highest BCUT2D eigenvalue weighted by atomic mass is 35.5. The van der Waals surface area contributed by atoms with Crippen LogP contribution >= 0.6 is 23.2 Å². The van der Waals surface area contributed by atoms with Crippen LogP contribution in [0.4, 0.5) is 0 Å². The number of hydrogen-bond donors (Lipinski definition) is 0. The largest absolute Gasteiger partial charge is 0.493 e. The highest BCUT2D eigenvalue weighted by molar-refractivity contribution is 6.39. The quantitative estimate of drug-likeness (QED) is 0.792. The average molecular weight is 283 g/mol. The second-order valence-corrected chi connectivity index (χ2v) is 4.16. The second-order valence-electron chi connectivity index (χ2n) is 3.43. The van der Waals surface area contributed by atoms with Gasteiger partial charge in [-0.25, -0.2) is 4.98 Å². The summed E-state index contributed by atoms with van der Waals surface area (Å²) in [6.07, 6.45) is 0. The van der Waals surface area contributed by atoms with E-state index in [4.69, 9.17) is 37.9 Å². The minimum Gasteiger partial charge on any atom is -0.493 e. The minimum atomic E-state index is 0.0715. The lowest BCUT2D eigenvalue weighted by Crippen LogP contribution is -1.94. The van der Waals surface area contributed by atoms with Crippen molar-refractivity contribution < 1.29 is 9.47 Å². The lowest BCUT2D eigenvalue weighted by molar-refractivity contribution is 0.356. The van der Waals surface area contributed by atoms with Gasteiger partial charge in [-0.1, -0.05) is 23.2 Å². The van der Waals surface area contributed by atoms with Crippen LogP contribution in [0.5, 0.6) is 11.5 Å². The summed E-state index contributed by atoms with van der Waals surface area (Å²) in [4.78, 5) is 4.11. The molecule has 0 fully saturated rings. The Hall–Kier alpha value is -1.70. The molecule has 0 bridgehead atoms. The maximum atomic E-state index is 8.97. The Balaban J connectivity index is 2.86. The van der Waals surface area contributed by atoms with Gasteiger partial charge in [0.05, 0.1) is 24.8 Å². The molecule has 0 amide bonds. The first-order valence-corrected chi connectivity index (χ1v) is 5.68. The maximum Gasteiger partial charge on any atom is 0.162 e. The van der Waals surface area contributed by atoms with Gasteiger partial charge < -0.3 is 9.47 Å². The number of aromatic nitrogens is 1. The molecular formula is C12H8Cl2N2O2. The zero-order valence-corrected chi connectivity index (χ0v) is 11.1. The second kappa shape index (κ2) is 4.89. The Kier molecular flexibility index (Phi) is 3.46. The minimum absolute atomic E-state index is 0.0715. The highest BCUT2D eigenvalue weighted by Gasteiger charge is 2.15. The molecule has 0 aliphatic rings. The van der Waals surface area contributed by atoms with Crippen molar-refractivity contribution in [2.75, 3.05) is 14.2 Å². The lowest BCUT2D eigenvalue weighted by atomic mass is 10.1. The number of methoxy groups -OCH3 is 2. The maximum absolute atomic E-state index is 8.97. The van der Waals surface area contributed by atoms with E-state index in [9.17, 15) is 0 Å². The Morgan fingerprint density at radius 2 is 1.78 bits per heavy atom. The Morgan fingerprint density at radius 3 is 2.33 bits per heavy atom. The van der Waals surface area contributed by atoms with Crippen molar-refractivity contribution in [2.24, 2.45) is 0 Å². The van der Waals surface area contributed by atoms with Gasteiger partial charge >= 0.3 is 0 Å². The summed E-state index contributed by atoms with van der Waals surface area (Å²) >= 11 is 12.0. The molecule has 92 valence electrons. The average Bonchev–Trinajstić information content (AvgIpc) is 2.37. The van der Waals surface area contributed by atoms with Crippen LogP contribution in [0.25, 0.3) is 10.9 Å². The summed E-state index contributed by atoms with van der Waals surface area (Å²) in [5.41, 5.74) is 0.694. The molecule has 0 saturated carbocycles. The number of benzene rings is 1. The van der Waals surface area contributed by atoms with Gasteiger partial charge in [0, 0.05) is 11.5 Å². The van der Waals surface area contributed by atoms with Gasteiger partial charge in [-0.2, -0.15) is 5.26 Å². The van der Waals surface area contributed by atoms with Crippen molar-refractivity contribution in [2.45, 2.75) is 0 Å². The predicted octanol–water partition coefficient (Wildman–Crippen LogP) is 3.43. The fraction of sp³-hybridized carbons (Fsp3) is 0.167. The predicted molar refractivity (Wildman–Crippen MR) is 69.6 cm³/mol. The fourth-order valence-electron chi connectivity index (χ4n) is 1.62. The van der Waals surface area contributed by atoms with E-state index in [0.717, 1.165) is 0 Å². The molecule has 0 aliphatic carbocycles. The highest BCUT2D eigenvalue weighted by Crippen LogP contribution is 2.37. The number of nitriles is 1. The van der Waals surface area contributed by atoms with Gasteiger partial charge in [-0.15, -0.1) is 0 Å². The van der Waals surface area contributed by atoms with Gasteiger partial charge in [-0.05, 0) is 6.07 Å². The lowest BCUT2D eigenvalue weighted by Gasteiger charge is -2.10. The molecule has 4 nitrogen and oxygen atoms in total. The molecule has 0 saturated heterocycles. The van der Waals surface area contributed by atoms with Crippen LogP contribution in [0.1, 0.15) is 5.56 Å².